The van der Waals surface area contributed by atoms with Crippen LogP contribution in [0.5, 0.6) is 0 Å². The van der Waals surface area contributed by atoms with Gasteiger partial charge in [-0.15, -0.1) is 0 Å². The van der Waals surface area contributed by atoms with Crippen molar-refractivity contribution in [1.82, 2.24) is 4.72 Å². The maximum absolute atomic E-state index is 12.5. The van der Waals surface area contributed by atoms with Crippen molar-refractivity contribution in [2.24, 2.45) is 5.41 Å². The van der Waals surface area contributed by atoms with Crippen LogP contribution in [0.25, 0.3) is 0 Å². The summed E-state index contributed by atoms with van der Waals surface area (Å²) in [4.78, 5) is 11.1. The number of benzene rings is 1. The average Bonchev–Trinajstić information content (AvgIpc) is 2.68. The molecule has 0 aromatic heterocycles. The van der Waals surface area contributed by atoms with Gasteiger partial charge in [-0.25, -0.2) is 17.9 Å². The Hall–Kier alpha value is -0.670. The molecule has 1 atom stereocenters. The molecule has 0 saturated heterocycles. The molecule has 5 nitrogen and oxygen atoms in total. The molecule has 2 N–H and O–H groups in total. The third-order valence-corrected chi connectivity index (χ3v) is 6.44. The smallest absolute Gasteiger partial charge is 0.336 e. The lowest BCUT2D eigenvalue weighted by Gasteiger charge is -2.27. The van der Waals surface area contributed by atoms with Gasteiger partial charge in [-0.2, -0.15) is 0 Å². The third kappa shape index (κ3) is 3.57. The number of nitrogens with one attached hydrogen (secondary N) is 1. The Kier molecular flexibility index (Phi) is 4.65. The van der Waals surface area contributed by atoms with Crippen molar-refractivity contribution in [2.45, 2.75) is 44.0 Å². The predicted molar refractivity (Wildman–Crippen MR) is 87.9 cm³/mol. The van der Waals surface area contributed by atoms with Crippen LogP contribution in [0.1, 0.15) is 43.5 Å². The molecule has 1 fully saturated rings. The van der Waals surface area contributed by atoms with E-state index < -0.39 is 16.0 Å². The first kappa shape index (κ1) is 16.7. The van der Waals surface area contributed by atoms with E-state index in [1.165, 1.54) is 18.2 Å². The lowest BCUT2D eigenvalue weighted by molar-refractivity contribution is 0.0695. The first-order chi connectivity index (χ1) is 9.63. The summed E-state index contributed by atoms with van der Waals surface area (Å²) < 4.78 is 28.1. The Morgan fingerprint density at radius 3 is 2.62 bits per heavy atom. The summed E-state index contributed by atoms with van der Waals surface area (Å²) >= 11 is 1.88. The lowest BCUT2D eigenvalue weighted by atomic mass is 9.88. The van der Waals surface area contributed by atoms with Crippen molar-refractivity contribution in [3.63, 3.8) is 0 Å². The minimum absolute atomic E-state index is 0.00279. The van der Waals surface area contributed by atoms with Crippen LogP contribution in [0.4, 0.5) is 0 Å². The fraction of sp³-hybridized carbons (Fsp3) is 0.500. The van der Waals surface area contributed by atoms with Gasteiger partial charge in [0.05, 0.1) is 10.5 Å². The van der Waals surface area contributed by atoms with Gasteiger partial charge in [-0.1, -0.05) is 20.3 Å². The Balaban J connectivity index is 2.32. The van der Waals surface area contributed by atoms with Gasteiger partial charge < -0.3 is 5.11 Å². The summed E-state index contributed by atoms with van der Waals surface area (Å²) in [6.45, 7) is 4.09. The number of carbonyl (C=O) groups is 1. The Morgan fingerprint density at radius 1 is 1.43 bits per heavy atom. The second kappa shape index (κ2) is 5.85. The topological polar surface area (TPSA) is 83.5 Å². The zero-order valence-corrected chi connectivity index (χ0v) is 14.9. The summed E-state index contributed by atoms with van der Waals surface area (Å²) in [5.74, 6) is -1.13. The first-order valence-corrected chi connectivity index (χ1v) is 9.25. The largest absolute Gasteiger partial charge is 0.478 e. The summed E-state index contributed by atoms with van der Waals surface area (Å²) in [6, 6.07) is 4.06. The van der Waals surface area contributed by atoms with Gasteiger partial charge in [0.15, 0.2) is 0 Å². The van der Waals surface area contributed by atoms with Gasteiger partial charge in [0.1, 0.15) is 0 Å². The first-order valence-electron chi connectivity index (χ1n) is 6.69. The van der Waals surface area contributed by atoms with Crippen LogP contribution in [0, 0.1) is 8.99 Å². The second-order valence-corrected chi connectivity index (χ2v) is 8.88. The number of carboxylic acids is 1. The summed E-state index contributed by atoms with van der Waals surface area (Å²) in [5, 5.41) is 9.10. The highest BCUT2D eigenvalue weighted by atomic mass is 127. The summed E-state index contributed by atoms with van der Waals surface area (Å²) in [5.41, 5.74) is -0.0736. The molecule has 0 aliphatic heterocycles. The molecular weight excluding hydrogens is 405 g/mol. The van der Waals surface area contributed by atoms with Crippen LogP contribution in [0.2, 0.25) is 0 Å². The number of carboxylic acid groups (broad SMARTS) is 1. The van der Waals surface area contributed by atoms with E-state index in [-0.39, 0.29) is 21.9 Å². The Labute approximate surface area is 138 Å². The molecule has 1 aliphatic carbocycles. The predicted octanol–water partition coefficient (Wildman–Crippen LogP) is 2.85. The molecule has 7 heteroatoms. The van der Waals surface area contributed by atoms with Crippen molar-refractivity contribution in [2.75, 3.05) is 0 Å². The molecule has 0 bridgehead atoms. The second-order valence-electron chi connectivity index (χ2n) is 6.00. The van der Waals surface area contributed by atoms with Crippen LogP contribution in [-0.4, -0.2) is 25.5 Å². The number of hydrogen-bond donors (Lipinski definition) is 2. The van der Waals surface area contributed by atoms with E-state index in [2.05, 4.69) is 4.72 Å². The molecule has 116 valence electrons. The zero-order valence-electron chi connectivity index (χ0n) is 11.9. The maximum Gasteiger partial charge on any atom is 0.336 e. The van der Waals surface area contributed by atoms with Crippen molar-refractivity contribution in [3.8, 4) is 0 Å². The van der Waals surface area contributed by atoms with E-state index in [9.17, 15) is 13.2 Å². The highest BCUT2D eigenvalue weighted by Gasteiger charge is 2.37. The summed E-state index contributed by atoms with van der Waals surface area (Å²) in [6.07, 6.45) is 2.78. The van der Waals surface area contributed by atoms with Gasteiger partial charge >= 0.3 is 5.97 Å². The van der Waals surface area contributed by atoms with Crippen LogP contribution in [0.3, 0.4) is 0 Å². The summed E-state index contributed by atoms with van der Waals surface area (Å²) in [7, 11) is -3.70. The normalized spacial score (nSPS) is 21.4. The zero-order chi connectivity index (χ0) is 15.8. The minimum atomic E-state index is -3.70. The van der Waals surface area contributed by atoms with Gasteiger partial charge in [0.25, 0.3) is 0 Å². The molecule has 0 spiro atoms. The van der Waals surface area contributed by atoms with Crippen molar-refractivity contribution in [1.29, 1.82) is 0 Å². The molecule has 21 heavy (non-hydrogen) atoms. The molecule has 1 unspecified atom stereocenters. The highest BCUT2D eigenvalue weighted by molar-refractivity contribution is 14.1. The van der Waals surface area contributed by atoms with Gasteiger partial charge in [0, 0.05) is 9.61 Å². The number of rotatable bonds is 4. The lowest BCUT2D eigenvalue weighted by Crippen LogP contribution is -2.41. The van der Waals surface area contributed by atoms with Crippen LogP contribution in [0.15, 0.2) is 23.1 Å². The number of aromatic carboxylic acids is 1. The fourth-order valence-corrected chi connectivity index (χ4v) is 4.67. The van der Waals surface area contributed by atoms with E-state index in [0.29, 0.717) is 3.57 Å². The van der Waals surface area contributed by atoms with Gasteiger partial charge in [-0.05, 0) is 59.0 Å². The number of sulfonamides is 1. The van der Waals surface area contributed by atoms with Gasteiger partial charge in [-0.3, -0.25) is 0 Å². The molecule has 0 radical (unpaired) electrons. The molecule has 1 aliphatic rings. The Bertz CT molecular complexity index is 670. The van der Waals surface area contributed by atoms with Crippen molar-refractivity contribution < 1.29 is 18.3 Å². The molecule has 1 aromatic rings. The van der Waals surface area contributed by atoms with E-state index >= 15 is 0 Å². The van der Waals surface area contributed by atoms with Crippen molar-refractivity contribution in [3.05, 3.63) is 27.3 Å². The molecule has 1 aromatic carbocycles. The molecule has 2 rings (SSSR count). The van der Waals surface area contributed by atoms with E-state index in [1.54, 1.807) is 0 Å². The van der Waals surface area contributed by atoms with Crippen LogP contribution < -0.4 is 4.72 Å². The van der Waals surface area contributed by atoms with E-state index in [1.807, 2.05) is 36.4 Å². The fourth-order valence-electron chi connectivity index (χ4n) is 2.64. The molecule has 0 amide bonds. The quantitative estimate of drug-likeness (QED) is 0.730. The van der Waals surface area contributed by atoms with E-state index in [0.717, 1.165) is 19.3 Å². The standard InChI is InChI=1S/C14H18INO4S/c1-14(2)7-3-4-12(14)16-21(19,20)9-5-6-11(15)10(8-9)13(17)18/h5-6,8,12,16H,3-4,7H2,1-2H3,(H,17,18). The third-order valence-electron chi connectivity index (χ3n) is 4.03. The van der Waals surface area contributed by atoms with Crippen molar-refractivity contribution >= 4 is 38.6 Å². The minimum Gasteiger partial charge on any atom is -0.478 e. The van der Waals surface area contributed by atoms with Crippen LogP contribution in [-0.2, 0) is 10.0 Å². The monoisotopic (exact) mass is 423 g/mol. The maximum atomic E-state index is 12.5. The average molecular weight is 423 g/mol. The van der Waals surface area contributed by atoms with Crippen LogP contribution >= 0.6 is 22.6 Å². The number of halogens is 1. The Morgan fingerprint density at radius 2 is 2.10 bits per heavy atom. The molecule has 1 saturated carbocycles. The van der Waals surface area contributed by atoms with Gasteiger partial charge in [0.2, 0.25) is 10.0 Å². The molecular formula is C14H18INO4S. The number of hydrogen-bond acceptors (Lipinski definition) is 3. The molecule has 0 heterocycles. The SMILES string of the molecule is CC1(C)CCCC1NS(=O)(=O)c1ccc(I)c(C(=O)O)c1. The highest BCUT2D eigenvalue weighted by Crippen LogP contribution is 2.38. The van der Waals surface area contributed by atoms with E-state index in [4.69, 9.17) is 5.11 Å².